The largest absolute Gasteiger partial charge is 0.354 e. The van der Waals surface area contributed by atoms with Crippen LogP contribution in [0.15, 0.2) is 102 Å². The predicted octanol–water partition coefficient (Wildman–Crippen LogP) is 6.11. The van der Waals surface area contributed by atoms with E-state index in [0.29, 0.717) is 24.2 Å². The molecule has 1 N–H and O–H groups in total. The van der Waals surface area contributed by atoms with Crippen LogP contribution in [0.25, 0.3) is 0 Å². The van der Waals surface area contributed by atoms with Crippen molar-refractivity contribution in [2.75, 3.05) is 17.4 Å². The molecule has 9 heteroatoms. The second-order valence-electron chi connectivity index (χ2n) is 11.2. The van der Waals surface area contributed by atoms with E-state index in [1.54, 1.807) is 49.4 Å². The highest BCUT2D eigenvalue weighted by molar-refractivity contribution is 7.92. The number of carbonyl (C=O) groups is 2. The van der Waals surface area contributed by atoms with Crippen LogP contribution in [0.5, 0.6) is 0 Å². The highest BCUT2D eigenvalue weighted by Gasteiger charge is 2.35. The fraction of sp³-hybridized carbons (Fsp3) is 0.278. The van der Waals surface area contributed by atoms with E-state index in [2.05, 4.69) is 5.32 Å². The van der Waals surface area contributed by atoms with Crippen molar-refractivity contribution in [3.8, 4) is 0 Å². The molecule has 7 nitrogen and oxygen atoms in total. The molecule has 0 heterocycles. The number of sulfonamides is 1. The molecule has 4 aromatic carbocycles. The Morgan fingerprint density at radius 1 is 0.844 bits per heavy atom. The number of aryl methyl sites for hydroxylation is 2. The first kappa shape index (κ1) is 33.4. The first-order valence-electron chi connectivity index (χ1n) is 15.0. The maximum atomic E-state index is 15.0. The first-order chi connectivity index (χ1) is 21.5. The van der Waals surface area contributed by atoms with Crippen molar-refractivity contribution in [2.45, 2.75) is 58.0 Å². The van der Waals surface area contributed by atoms with Crippen molar-refractivity contribution >= 4 is 27.5 Å². The maximum Gasteiger partial charge on any atom is 0.264 e. The van der Waals surface area contributed by atoms with Crippen LogP contribution in [0.1, 0.15) is 41.2 Å². The van der Waals surface area contributed by atoms with Crippen LogP contribution in [-0.4, -0.2) is 44.3 Å². The molecule has 0 fully saturated rings. The molecule has 45 heavy (non-hydrogen) atoms. The molecule has 0 saturated heterocycles. The Morgan fingerprint density at radius 3 is 2.18 bits per heavy atom. The van der Waals surface area contributed by atoms with E-state index in [4.69, 9.17) is 0 Å². The molecule has 1 atom stereocenters. The van der Waals surface area contributed by atoms with Gasteiger partial charge >= 0.3 is 0 Å². The quantitative estimate of drug-likeness (QED) is 0.193. The monoisotopic (exact) mass is 629 g/mol. The van der Waals surface area contributed by atoms with Crippen LogP contribution in [0.2, 0.25) is 0 Å². The molecule has 0 radical (unpaired) electrons. The van der Waals surface area contributed by atoms with Gasteiger partial charge in [-0.15, -0.1) is 0 Å². The van der Waals surface area contributed by atoms with Gasteiger partial charge in [0.25, 0.3) is 10.0 Å². The molecule has 0 aromatic heterocycles. The molecule has 0 spiro atoms. The molecular weight excluding hydrogens is 589 g/mol. The van der Waals surface area contributed by atoms with Gasteiger partial charge in [-0.25, -0.2) is 12.8 Å². The van der Waals surface area contributed by atoms with E-state index in [9.17, 15) is 18.0 Å². The van der Waals surface area contributed by atoms with Gasteiger partial charge in [-0.2, -0.15) is 0 Å². The minimum Gasteiger partial charge on any atom is -0.354 e. The third-order valence-electron chi connectivity index (χ3n) is 7.85. The van der Waals surface area contributed by atoms with Crippen LogP contribution in [0.4, 0.5) is 10.1 Å². The number of benzene rings is 4. The molecule has 236 valence electrons. The zero-order valence-corrected chi connectivity index (χ0v) is 27.0. The molecule has 0 aliphatic carbocycles. The van der Waals surface area contributed by atoms with E-state index < -0.39 is 40.2 Å². The van der Waals surface area contributed by atoms with Crippen molar-refractivity contribution < 1.29 is 22.4 Å². The Balaban J connectivity index is 1.83. The number of carbonyl (C=O) groups excluding carboxylic acids is 2. The fourth-order valence-electron chi connectivity index (χ4n) is 5.09. The second kappa shape index (κ2) is 15.0. The second-order valence-corrected chi connectivity index (χ2v) is 13.0. The van der Waals surface area contributed by atoms with Crippen molar-refractivity contribution in [2.24, 2.45) is 0 Å². The van der Waals surface area contributed by atoms with Crippen LogP contribution in [0, 0.1) is 26.6 Å². The summed E-state index contributed by atoms with van der Waals surface area (Å²) < 4.78 is 44.6. The molecule has 0 aliphatic rings. The molecule has 4 aromatic rings. The SMILES string of the molecule is CCCNC(=O)C(Cc1ccccc1)N(Cc1ccccc1F)C(=O)CN(c1cccc(C)c1C)S(=O)(=O)c1ccc(C)cc1. The summed E-state index contributed by atoms with van der Waals surface area (Å²) in [4.78, 5) is 29.5. The van der Waals surface area contributed by atoms with Crippen molar-refractivity contribution in [3.05, 3.63) is 131 Å². The number of rotatable bonds is 13. The number of nitrogens with one attached hydrogen (secondary N) is 1. The van der Waals surface area contributed by atoms with E-state index in [0.717, 1.165) is 21.0 Å². The van der Waals surface area contributed by atoms with Gasteiger partial charge in [0.05, 0.1) is 10.6 Å². The van der Waals surface area contributed by atoms with Gasteiger partial charge in [0.1, 0.15) is 18.4 Å². The normalized spacial score (nSPS) is 11.9. The number of hydrogen-bond donors (Lipinski definition) is 1. The lowest BCUT2D eigenvalue weighted by molar-refractivity contribution is -0.140. The van der Waals surface area contributed by atoms with Gasteiger partial charge in [-0.05, 0) is 68.1 Å². The predicted molar refractivity (Wildman–Crippen MR) is 176 cm³/mol. The summed E-state index contributed by atoms with van der Waals surface area (Å²) in [5.74, 6) is -1.56. The Hall–Kier alpha value is -4.50. The Labute approximate surface area is 265 Å². The van der Waals surface area contributed by atoms with Gasteiger partial charge in [0.15, 0.2) is 0 Å². The molecule has 0 bridgehead atoms. The van der Waals surface area contributed by atoms with E-state index >= 15 is 4.39 Å². The number of hydrogen-bond acceptors (Lipinski definition) is 4. The summed E-state index contributed by atoms with van der Waals surface area (Å²) in [6.07, 6.45) is 0.838. The summed E-state index contributed by atoms with van der Waals surface area (Å²) in [5, 5.41) is 2.89. The lowest BCUT2D eigenvalue weighted by atomic mass is 10.0. The van der Waals surface area contributed by atoms with E-state index in [1.165, 1.54) is 23.1 Å². The summed E-state index contributed by atoms with van der Waals surface area (Å²) in [5.41, 5.74) is 3.81. The minimum atomic E-state index is -4.23. The van der Waals surface area contributed by atoms with Gasteiger partial charge in [-0.3, -0.25) is 13.9 Å². The van der Waals surface area contributed by atoms with Crippen molar-refractivity contribution in [3.63, 3.8) is 0 Å². The van der Waals surface area contributed by atoms with Crippen LogP contribution >= 0.6 is 0 Å². The van der Waals surface area contributed by atoms with Crippen molar-refractivity contribution in [1.29, 1.82) is 0 Å². The Kier molecular flexibility index (Phi) is 11.1. The zero-order valence-electron chi connectivity index (χ0n) is 26.2. The topological polar surface area (TPSA) is 86.8 Å². The smallest absolute Gasteiger partial charge is 0.264 e. The molecular formula is C36H40FN3O4S. The number of anilines is 1. The van der Waals surface area contributed by atoms with Crippen molar-refractivity contribution in [1.82, 2.24) is 10.2 Å². The average Bonchev–Trinajstić information content (AvgIpc) is 3.03. The average molecular weight is 630 g/mol. The third kappa shape index (κ3) is 8.16. The number of amides is 2. The molecule has 4 rings (SSSR count). The lowest BCUT2D eigenvalue weighted by Crippen LogP contribution is -2.53. The third-order valence-corrected chi connectivity index (χ3v) is 9.63. The lowest BCUT2D eigenvalue weighted by Gasteiger charge is -2.34. The highest BCUT2D eigenvalue weighted by atomic mass is 32.2. The first-order valence-corrected chi connectivity index (χ1v) is 16.5. The molecule has 0 saturated carbocycles. The maximum absolute atomic E-state index is 15.0. The summed E-state index contributed by atoms with van der Waals surface area (Å²) in [7, 11) is -4.23. The Morgan fingerprint density at radius 2 is 1.51 bits per heavy atom. The van der Waals surface area contributed by atoms with Gasteiger partial charge in [0, 0.05) is 25.1 Å². The minimum absolute atomic E-state index is 0.0315. The highest BCUT2D eigenvalue weighted by Crippen LogP contribution is 2.29. The summed E-state index contributed by atoms with van der Waals surface area (Å²) in [6, 6.07) is 26.0. The number of nitrogens with zero attached hydrogens (tertiary/aromatic N) is 2. The van der Waals surface area contributed by atoms with Gasteiger partial charge < -0.3 is 10.2 Å². The molecule has 0 aliphatic heterocycles. The van der Waals surface area contributed by atoms with E-state index in [1.807, 2.05) is 57.2 Å². The zero-order chi connectivity index (χ0) is 32.6. The fourth-order valence-corrected chi connectivity index (χ4v) is 6.56. The standard InChI is InChI=1S/C36H40FN3O4S/c1-5-22-38-36(42)34(23-29-13-7-6-8-14-29)39(24-30-15-9-10-16-32(30)37)35(41)25-40(33-17-11-12-27(3)28(33)4)45(43,44)31-20-18-26(2)19-21-31/h6-21,34H,5,22-25H2,1-4H3,(H,38,42). The molecule has 2 amide bonds. The Bertz CT molecular complexity index is 1730. The number of halogens is 1. The van der Waals surface area contributed by atoms with E-state index in [-0.39, 0.29) is 23.4 Å². The summed E-state index contributed by atoms with van der Waals surface area (Å²) >= 11 is 0. The van der Waals surface area contributed by atoms with Crippen LogP contribution < -0.4 is 9.62 Å². The molecule has 1 unspecified atom stereocenters. The van der Waals surface area contributed by atoms with Gasteiger partial charge in [0.2, 0.25) is 11.8 Å². The van der Waals surface area contributed by atoms with Crippen LogP contribution in [0.3, 0.4) is 0 Å². The van der Waals surface area contributed by atoms with Crippen LogP contribution in [-0.2, 0) is 32.6 Å². The van der Waals surface area contributed by atoms with Gasteiger partial charge in [-0.1, -0.05) is 85.3 Å². The summed E-state index contributed by atoms with van der Waals surface area (Å²) in [6.45, 7) is 7.03.